The Morgan fingerprint density at radius 2 is 1.77 bits per heavy atom. The summed E-state index contributed by atoms with van der Waals surface area (Å²) >= 11 is 15.5. The van der Waals surface area contributed by atoms with Gasteiger partial charge in [0.1, 0.15) is 4.90 Å². The number of amides is 1. The highest BCUT2D eigenvalue weighted by molar-refractivity contribution is 9.10. The van der Waals surface area contributed by atoms with Crippen LogP contribution in [-0.2, 0) is 14.8 Å². The monoisotopic (exact) mass is 485 g/mol. The first-order valence-corrected chi connectivity index (χ1v) is 11.3. The third-order valence-corrected chi connectivity index (χ3v) is 7.56. The summed E-state index contributed by atoms with van der Waals surface area (Å²) in [5, 5.41) is 3.08. The molecule has 1 unspecified atom stereocenters. The number of nitrogens with one attached hydrogen (secondary N) is 1. The molecule has 0 aliphatic carbocycles. The first-order chi connectivity index (χ1) is 12.1. The Morgan fingerprint density at radius 3 is 2.27 bits per heavy atom. The average Bonchev–Trinajstić information content (AvgIpc) is 2.53. The standard InChI is InChI=1S/C16H22BrCl2N3O3S/c1-3-11(2)20-15(23)10-21-4-6-22(7-5-21)26(24,25)16-13(18)8-12(17)9-14(16)19/h8-9,11H,3-7,10H2,1-2H3,(H,20,23). The van der Waals surface area contributed by atoms with Gasteiger partial charge in [-0.3, -0.25) is 9.69 Å². The number of piperazine rings is 1. The molecule has 0 radical (unpaired) electrons. The van der Waals surface area contributed by atoms with Gasteiger partial charge >= 0.3 is 0 Å². The topological polar surface area (TPSA) is 69.7 Å². The molecule has 1 amide bonds. The molecule has 2 rings (SSSR count). The van der Waals surface area contributed by atoms with Crippen LogP contribution in [0.4, 0.5) is 0 Å². The Hall–Kier alpha value is -0.380. The third-order valence-electron chi connectivity index (χ3n) is 4.28. The summed E-state index contributed by atoms with van der Waals surface area (Å²) in [4.78, 5) is 13.8. The predicted molar refractivity (Wildman–Crippen MR) is 107 cm³/mol. The molecular formula is C16H22BrCl2N3O3S. The minimum absolute atomic E-state index is 0.0466. The fourth-order valence-corrected chi connectivity index (χ4v) is 5.96. The van der Waals surface area contributed by atoms with Crippen LogP contribution in [-0.4, -0.2) is 62.3 Å². The lowest BCUT2D eigenvalue weighted by atomic mass is 10.2. The molecule has 1 saturated heterocycles. The summed E-state index contributed by atoms with van der Waals surface area (Å²) in [6.07, 6.45) is 0.868. The number of rotatable bonds is 6. The van der Waals surface area contributed by atoms with Gasteiger partial charge in [0.25, 0.3) is 0 Å². The minimum atomic E-state index is -3.79. The van der Waals surface area contributed by atoms with Crippen LogP contribution in [0.1, 0.15) is 20.3 Å². The number of carbonyl (C=O) groups is 1. The van der Waals surface area contributed by atoms with Crippen LogP contribution < -0.4 is 5.32 Å². The Kier molecular flexibility index (Phi) is 7.76. The lowest BCUT2D eigenvalue weighted by molar-refractivity contribution is -0.123. The van der Waals surface area contributed by atoms with Crippen molar-refractivity contribution in [1.29, 1.82) is 0 Å². The molecular weight excluding hydrogens is 465 g/mol. The van der Waals surface area contributed by atoms with E-state index >= 15 is 0 Å². The fraction of sp³-hybridized carbons (Fsp3) is 0.562. The van der Waals surface area contributed by atoms with Gasteiger partial charge in [0, 0.05) is 36.7 Å². The summed E-state index contributed by atoms with van der Waals surface area (Å²) in [6, 6.07) is 3.15. The van der Waals surface area contributed by atoms with Crippen LogP contribution in [0.3, 0.4) is 0 Å². The highest BCUT2D eigenvalue weighted by Gasteiger charge is 2.32. The van der Waals surface area contributed by atoms with Crippen LogP contribution in [0, 0.1) is 0 Å². The van der Waals surface area contributed by atoms with Crippen molar-refractivity contribution < 1.29 is 13.2 Å². The van der Waals surface area contributed by atoms with Gasteiger partial charge in [-0.05, 0) is 25.5 Å². The normalized spacial score (nSPS) is 17.9. The maximum atomic E-state index is 12.9. The molecule has 1 N–H and O–H groups in total. The van der Waals surface area contributed by atoms with E-state index in [4.69, 9.17) is 23.2 Å². The van der Waals surface area contributed by atoms with Crippen molar-refractivity contribution in [3.63, 3.8) is 0 Å². The predicted octanol–water partition coefficient (Wildman–Crippen LogP) is 2.98. The highest BCUT2D eigenvalue weighted by atomic mass is 79.9. The van der Waals surface area contributed by atoms with Crippen molar-refractivity contribution >= 4 is 55.1 Å². The zero-order valence-corrected chi connectivity index (χ0v) is 18.6. The maximum absolute atomic E-state index is 12.9. The van der Waals surface area contributed by atoms with Crippen molar-refractivity contribution in [2.75, 3.05) is 32.7 Å². The van der Waals surface area contributed by atoms with Crippen LogP contribution >= 0.6 is 39.1 Å². The second-order valence-corrected chi connectivity index (χ2v) is 9.86. The van der Waals surface area contributed by atoms with Crippen molar-refractivity contribution in [3.8, 4) is 0 Å². The largest absolute Gasteiger partial charge is 0.353 e. The molecule has 1 aromatic carbocycles. The van der Waals surface area contributed by atoms with Crippen LogP contribution in [0.15, 0.2) is 21.5 Å². The minimum Gasteiger partial charge on any atom is -0.353 e. The van der Waals surface area contributed by atoms with E-state index in [2.05, 4.69) is 21.2 Å². The van der Waals surface area contributed by atoms with Gasteiger partial charge in [-0.25, -0.2) is 8.42 Å². The molecule has 1 aliphatic heterocycles. The number of hydrogen-bond donors (Lipinski definition) is 1. The molecule has 146 valence electrons. The molecule has 1 aromatic rings. The van der Waals surface area contributed by atoms with Gasteiger partial charge < -0.3 is 5.32 Å². The van der Waals surface area contributed by atoms with Crippen LogP contribution in [0.5, 0.6) is 0 Å². The van der Waals surface area contributed by atoms with E-state index in [-0.39, 0.29) is 46.5 Å². The number of hydrogen-bond acceptors (Lipinski definition) is 4. The molecule has 1 heterocycles. The van der Waals surface area contributed by atoms with Crippen molar-refractivity contribution in [3.05, 3.63) is 26.7 Å². The van der Waals surface area contributed by atoms with E-state index in [1.165, 1.54) is 16.4 Å². The summed E-state index contributed by atoms with van der Waals surface area (Å²) in [5.74, 6) is -0.0466. The molecule has 0 bridgehead atoms. The van der Waals surface area contributed by atoms with E-state index in [1.807, 2.05) is 18.7 Å². The van der Waals surface area contributed by atoms with Crippen molar-refractivity contribution in [1.82, 2.24) is 14.5 Å². The van der Waals surface area contributed by atoms with Gasteiger partial charge in [-0.1, -0.05) is 46.1 Å². The number of nitrogens with zero attached hydrogens (tertiary/aromatic N) is 2. The Labute approximate surface area is 173 Å². The molecule has 10 heteroatoms. The molecule has 6 nitrogen and oxygen atoms in total. The molecule has 1 aliphatic rings. The average molecular weight is 487 g/mol. The molecule has 0 spiro atoms. The van der Waals surface area contributed by atoms with Gasteiger partial charge in [0.15, 0.2) is 0 Å². The van der Waals surface area contributed by atoms with Crippen molar-refractivity contribution in [2.24, 2.45) is 0 Å². The maximum Gasteiger partial charge on any atom is 0.246 e. The lowest BCUT2D eigenvalue weighted by Crippen LogP contribution is -2.51. The number of benzene rings is 1. The van der Waals surface area contributed by atoms with E-state index in [9.17, 15) is 13.2 Å². The zero-order chi connectivity index (χ0) is 19.5. The van der Waals surface area contributed by atoms with Gasteiger partial charge in [-0.2, -0.15) is 4.31 Å². The first-order valence-electron chi connectivity index (χ1n) is 8.31. The second kappa shape index (κ2) is 9.21. The Balaban J connectivity index is 2.02. The molecule has 0 saturated carbocycles. The Bertz CT molecular complexity index is 745. The summed E-state index contributed by atoms with van der Waals surface area (Å²) < 4.78 is 27.8. The summed E-state index contributed by atoms with van der Waals surface area (Å²) in [6.45, 7) is 5.72. The van der Waals surface area contributed by atoms with Gasteiger partial charge in [0.2, 0.25) is 15.9 Å². The van der Waals surface area contributed by atoms with Gasteiger partial charge in [-0.15, -0.1) is 0 Å². The number of halogens is 3. The van der Waals surface area contributed by atoms with Crippen molar-refractivity contribution in [2.45, 2.75) is 31.2 Å². The highest BCUT2D eigenvalue weighted by Crippen LogP contribution is 2.34. The molecule has 1 atom stereocenters. The van der Waals surface area contributed by atoms with E-state index < -0.39 is 10.0 Å². The van der Waals surface area contributed by atoms with E-state index in [1.54, 1.807) is 0 Å². The third kappa shape index (κ3) is 5.33. The van der Waals surface area contributed by atoms with Crippen LogP contribution in [0.25, 0.3) is 0 Å². The lowest BCUT2D eigenvalue weighted by Gasteiger charge is -2.34. The van der Waals surface area contributed by atoms with E-state index in [0.29, 0.717) is 17.6 Å². The smallest absolute Gasteiger partial charge is 0.246 e. The quantitative estimate of drug-likeness (QED) is 0.671. The Morgan fingerprint density at radius 1 is 1.23 bits per heavy atom. The zero-order valence-electron chi connectivity index (χ0n) is 14.6. The summed E-state index contributed by atoms with van der Waals surface area (Å²) in [7, 11) is -3.79. The molecule has 26 heavy (non-hydrogen) atoms. The molecule has 0 aromatic heterocycles. The van der Waals surface area contributed by atoms with Gasteiger partial charge in [0.05, 0.1) is 16.6 Å². The number of carbonyl (C=O) groups excluding carboxylic acids is 1. The fourth-order valence-electron chi connectivity index (χ4n) is 2.66. The van der Waals surface area contributed by atoms with E-state index in [0.717, 1.165) is 6.42 Å². The second-order valence-electron chi connectivity index (χ2n) is 6.26. The number of sulfonamides is 1. The molecule has 1 fully saturated rings. The first kappa shape index (κ1) is 21.9. The summed E-state index contributed by atoms with van der Waals surface area (Å²) in [5.41, 5.74) is 0. The SMILES string of the molecule is CCC(C)NC(=O)CN1CCN(S(=O)(=O)c2c(Cl)cc(Br)cc2Cl)CC1. The van der Waals surface area contributed by atoms with Crippen LogP contribution in [0.2, 0.25) is 10.0 Å².